The molecule has 1 saturated heterocycles. The van der Waals surface area contributed by atoms with E-state index >= 15 is 0 Å². The van der Waals surface area contributed by atoms with Crippen molar-refractivity contribution in [3.8, 4) is 28.6 Å². The summed E-state index contributed by atoms with van der Waals surface area (Å²) in [6, 6.07) is 9.48. The van der Waals surface area contributed by atoms with Crippen molar-refractivity contribution in [2.75, 3.05) is 13.2 Å². The molecule has 2 atom stereocenters. The van der Waals surface area contributed by atoms with Gasteiger partial charge in [0.1, 0.15) is 5.75 Å². The van der Waals surface area contributed by atoms with Gasteiger partial charge in [0.15, 0.2) is 17.9 Å². The van der Waals surface area contributed by atoms with Gasteiger partial charge in [-0.1, -0.05) is 0 Å². The Morgan fingerprint density at radius 1 is 1.23 bits per heavy atom. The maximum atomic E-state index is 14.9. The van der Waals surface area contributed by atoms with Crippen LogP contribution in [0.15, 0.2) is 48.8 Å². The van der Waals surface area contributed by atoms with Crippen LogP contribution in [0.5, 0.6) is 11.6 Å². The summed E-state index contributed by atoms with van der Waals surface area (Å²) in [5.41, 5.74) is 7.67. The highest BCUT2D eigenvalue weighted by Crippen LogP contribution is 2.30. The van der Waals surface area contributed by atoms with Gasteiger partial charge in [-0.2, -0.15) is 5.10 Å². The fourth-order valence-electron chi connectivity index (χ4n) is 3.82. The van der Waals surface area contributed by atoms with Crippen molar-refractivity contribution >= 4 is 0 Å². The maximum absolute atomic E-state index is 14.9. The molecular formula is C23H25FN8O3. The van der Waals surface area contributed by atoms with Crippen molar-refractivity contribution < 1.29 is 19.0 Å². The molecule has 0 bridgehead atoms. The molecule has 4 aromatic rings. The van der Waals surface area contributed by atoms with Crippen molar-refractivity contribution in [2.24, 2.45) is 5.73 Å². The van der Waals surface area contributed by atoms with Crippen LogP contribution in [0.2, 0.25) is 0 Å². The van der Waals surface area contributed by atoms with Crippen LogP contribution in [0.1, 0.15) is 31.3 Å². The zero-order valence-electron chi connectivity index (χ0n) is 18.9. The van der Waals surface area contributed by atoms with Crippen molar-refractivity contribution in [3.05, 3.63) is 60.4 Å². The Labute approximate surface area is 200 Å². The van der Waals surface area contributed by atoms with Crippen LogP contribution < -0.4 is 10.5 Å². The topological polar surface area (TPSA) is 139 Å². The van der Waals surface area contributed by atoms with E-state index in [0.29, 0.717) is 35.9 Å². The summed E-state index contributed by atoms with van der Waals surface area (Å²) in [6.45, 7) is 0.527. The molecule has 12 heteroatoms. The highest BCUT2D eigenvalue weighted by Gasteiger charge is 2.20. The lowest BCUT2D eigenvalue weighted by atomic mass is 10.1. The van der Waals surface area contributed by atoms with Gasteiger partial charge < -0.3 is 20.3 Å². The van der Waals surface area contributed by atoms with Gasteiger partial charge in [-0.05, 0) is 60.9 Å². The second kappa shape index (κ2) is 10.3. The Kier molecular flexibility index (Phi) is 6.75. The van der Waals surface area contributed by atoms with Crippen molar-refractivity contribution in [1.29, 1.82) is 0 Å². The Bertz CT molecular complexity index is 1270. The van der Waals surface area contributed by atoms with E-state index in [9.17, 15) is 4.39 Å². The van der Waals surface area contributed by atoms with Crippen molar-refractivity contribution in [2.45, 2.75) is 38.0 Å². The molecule has 0 radical (unpaired) electrons. The molecule has 2 unspecified atom stereocenters. The summed E-state index contributed by atoms with van der Waals surface area (Å²) in [5.74, 6) is 0.0955. The van der Waals surface area contributed by atoms with Crippen molar-refractivity contribution in [3.63, 3.8) is 0 Å². The predicted octanol–water partition coefficient (Wildman–Crippen LogP) is 2.41. The molecule has 0 aliphatic carbocycles. The number of benzene rings is 1. The van der Waals surface area contributed by atoms with Gasteiger partial charge in [-0.25, -0.2) is 14.1 Å². The SMILES string of the molecule is NC(CO)Cc1nnn(-c2ccc(Oc3ncc(-c4ccnn4C4CCCCO4)cc3F)cc2)n1. The Morgan fingerprint density at radius 3 is 2.83 bits per heavy atom. The first kappa shape index (κ1) is 23.0. The van der Waals surface area contributed by atoms with E-state index in [1.807, 2.05) is 6.07 Å². The van der Waals surface area contributed by atoms with Gasteiger partial charge in [0.25, 0.3) is 5.88 Å². The first-order chi connectivity index (χ1) is 17.1. The molecule has 0 saturated carbocycles. The third-order valence-corrected chi connectivity index (χ3v) is 5.62. The average Bonchev–Trinajstić information content (AvgIpc) is 3.56. The van der Waals surface area contributed by atoms with Crippen LogP contribution in [0.4, 0.5) is 4.39 Å². The minimum atomic E-state index is -0.591. The zero-order chi connectivity index (χ0) is 24.2. The third-order valence-electron chi connectivity index (χ3n) is 5.62. The van der Waals surface area contributed by atoms with Gasteiger partial charge in [0.2, 0.25) is 0 Å². The van der Waals surface area contributed by atoms with Gasteiger partial charge in [0, 0.05) is 37.0 Å². The Hall–Kier alpha value is -3.74. The number of aromatic nitrogens is 7. The van der Waals surface area contributed by atoms with E-state index in [1.54, 1.807) is 41.3 Å². The van der Waals surface area contributed by atoms with E-state index in [2.05, 4.69) is 25.5 Å². The lowest BCUT2D eigenvalue weighted by molar-refractivity contribution is -0.0383. The van der Waals surface area contributed by atoms with Crippen LogP contribution in [-0.4, -0.2) is 59.3 Å². The van der Waals surface area contributed by atoms with Crippen molar-refractivity contribution in [1.82, 2.24) is 35.0 Å². The number of aliphatic hydroxyl groups excluding tert-OH is 1. The Balaban J connectivity index is 1.28. The zero-order valence-corrected chi connectivity index (χ0v) is 18.9. The number of hydrogen-bond donors (Lipinski definition) is 2. The van der Waals surface area contributed by atoms with Crippen LogP contribution in [0, 0.1) is 5.82 Å². The Morgan fingerprint density at radius 2 is 2.09 bits per heavy atom. The van der Waals surface area contributed by atoms with E-state index in [4.69, 9.17) is 20.3 Å². The average molecular weight is 481 g/mol. The molecule has 1 aromatic carbocycles. The number of nitrogens with zero attached hydrogens (tertiary/aromatic N) is 7. The lowest BCUT2D eigenvalue weighted by Crippen LogP contribution is -2.27. The number of rotatable bonds is 8. The van der Waals surface area contributed by atoms with Crippen LogP contribution in [-0.2, 0) is 11.2 Å². The lowest BCUT2D eigenvalue weighted by Gasteiger charge is -2.24. The summed E-state index contributed by atoms with van der Waals surface area (Å²) in [4.78, 5) is 5.53. The van der Waals surface area contributed by atoms with E-state index in [1.165, 1.54) is 10.9 Å². The molecule has 0 amide bonds. The summed E-state index contributed by atoms with van der Waals surface area (Å²) in [6.07, 6.45) is 6.34. The fourth-order valence-corrected chi connectivity index (χ4v) is 3.82. The third kappa shape index (κ3) is 5.19. The van der Waals surface area contributed by atoms with Crippen LogP contribution in [0.3, 0.4) is 0 Å². The monoisotopic (exact) mass is 480 g/mol. The van der Waals surface area contributed by atoms with Crippen LogP contribution in [0.25, 0.3) is 16.9 Å². The number of tetrazole rings is 1. The number of hydrogen-bond acceptors (Lipinski definition) is 9. The maximum Gasteiger partial charge on any atom is 0.255 e. The number of aliphatic hydroxyl groups is 1. The molecule has 5 rings (SSSR count). The first-order valence-electron chi connectivity index (χ1n) is 11.4. The summed E-state index contributed by atoms with van der Waals surface area (Å²) < 4.78 is 28.1. The van der Waals surface area contributed by atoms with Gasteiger partial charge in [-0.3, -0.25) is 0 Å². The number of nitrogens with two attached hydrogens (primary N) is 1. The summed E-state index contributed by atoms with van der Waals surface area (Å²) >= 11 is 0. The normalized spacial score (nSPS) is 16.8. The molecule has 35 heavy (non-hydrogen) atoms. The molecule has 182 valence electrons. The summed E-state index contributed by atoms with van der Waals surface area (Å²) in [7, 11) is 0. The quantitative estimate of drug-likeness (QED) is 0.389. The molecule has 0 spiro atoms. The number of ether oxygens (including phenoxy) is 2. The molecule has 4 heterocycles. The van der Waals surface area contributed by atoms with E-state index in [-0.39, 0.29) is 18.7 Å². The highest BCUT2D eigenvalue weighted by atomic mass is 19.1. The smallest absolute Gasteiger partial charge is 0.255 e. The molecule has 3 aromatic heterocycles. The molecule has 1 aliphatic heterocycles. The largest absolute Gasteiger partial charge is 0.436 e. The highest BCUT2D eigenvalue weighted by molar-refractivity contribution is 5.59. The van der Waals surface area contributed by atoms with Gasteiger partial charge in [-0.15, -0.1) is 15.0 Å². The molecule has 1 fully saturated rings. The van der Waals surface area contributed by atoms with Gasteiger partial charge in [0.05, 0.1) is 18.0 Å². The number of halogens is 1. The molecule has 1 aliphatic rings. The molecule has 11 nitrogen and oxygen atoms in total. The molecule has 3 N–H and O–H groups in total. The van der Waals surface area contributed by atoms with E-state index < -0.39 is 11.9 Å². The van der Waals surface area contributed by atoms with Gasteiger partial charge >= 0.3 is 0 Å². The summed E-state index contributed by atoms with van der Waals surface area (Å²) in [5, 5.41) is 25.6. The predicted molar refractivity (Wildman–Crippen MR) is 122 cm³/mol. The standard InChI is InChI=1S/C23H25FN8O3/c24-19-11-15(20-8-9-27-31(20)22-3-1-2-10-34-22)13-26-23(19)35-18-6-4-17(5-7-18)32-29-21(28-30-32)12-16(25)14-33/h4-9,11,13,16,22,33H,1-3,10,12,14,25H2. The second-order valence-electron chi connectivity index (χ2n) is 8.23. The minimum absolute atomic E-state index is 0.138. The first-order valence-corrected chi connectivity index (χ1v) is 11.4. The second-order valence-corrected chi connectivity index (χ2v) is 8.23. The minimum Gasteiger partial charge on any atom is -0.436 e. The van der Waals surface area contributed by atoms with E-state index in [0.717, 1.165) is 25.0 Å². The van der Waals surface area contributed by atoms with Crippen LogP contribution >= 0.6 is 0 Å². The fraction of sp³-hybridized carbons (Fsp3) is 0.348. The number of pyridine rings is 1. The molecular weight excluding hydrogens is 455 g/mol.